The molecule has 8 nitrogen and oxygen atoms in total. The van der Waals surface area contributed by atoms with Crippen LogP contribution in [-0.2, 0) is 24.2 Å². The van der Waals surface area contributed by atoms with E-state index < -0.39 is 22.0 Å². The number of benzene rings is 2. The van der Waals surface area contributed by atoms with E-state index in [4.69, 9.17) is 0 Å². The summed E-state index contributed by atoms with van der Waals surface area (Å²) < 4.78 is 26.5. The highest BCUT2D eigenvalue weighted by atomic mass is 32.2. The van der Waals surface area contributed by atoms with Crippen molar-refractivity contribution in [2.24, 2.45) is 11.8 Å². The molecule has 0 saturated carbocycles. The highest BCUT2D eigenvalue weighted by molar-refractivity contribution is 7.91. The molecule has 2 fully saturated rings. The standard InChI is InChI=1S/C22H22N2O6S/c1-13-9-19(25)23(21(13)27)15-5-3-7-17(11-15)31(29,30)18-8-4-6-16(12-18)24-20(26)10-14(2)22(24)28/h3-8,11-14,19,25H,9-10H2,1-2H3. The molecule has 2 aliphatic heterocycles. The van der Waals surface area contributed by atoms with Gasteiger partial charge in [0.2, 0.25) is 27.6 Å². The second kappa shape index (κ2) is 7.58. The van der Waals surface area contributed by atoms with Gasteiger partial charge in [-0.05, 0) is 36.4 Å². The maximum Gasteiger partial charge on any atom is 0.237 e. The monoisotopic (exact) mass is 442 g/mol. The minimum absolute atomic E-state index is 0.0610. The van der Waals surface area contributed by atoms with Crippen LogP contribution in [0.15, 0.2) is 58.3 Å². The number of rotatable bonds is 4. The number of carbonyl (C=O) groups excluding carboxylic acids is 3. The zero-order chi connectivity index (χ0) is 22.5. The van der Waals surface area contributed by atoms with Crippen LogP contribution < -0.4 is 9.80 Å². The Kier molecular flexibility index (Phi) is 5.18. The number of imide groups is 1. The Morgan fingerprint density at radius 3 is 1.97 bits per heavy atom. The maximum absolute atomic E-state index is 13.3. The number of sulfone groups is 1. The van der Waals surface area contributed by atoms with Gasteiger partial charge in [-0.1, -0.05) is 26.0 Å². The van der Waals surface area contributed by atoms with E-state index in [9.17, 15) is 27.9 Å². The molecule has 0 aliphatic carbocycles. The predicted molar refractivity (Wildman–Crippen MR) is 112 cm³/mol. The van der Waals surface area contributed by atoms with Gasteiger partial charge in [0.15, 0.2) is 0 Å². The Bertz CT molecular complexity index is 1190. The molecular formula is C22H22N2O6S. The fourth-order valence-corrected chi connectivity index (χ4v) is 5.33. The van der Waals surface area contributed by atoms with E-state index in [1.165, 1.54) is 47.4 Å². The Morgan fingerprint density at radius 2 is 1.45 bits per heavy atom. The van der Waals surface area contributed by atoms with Gasteiger partial charge in [0.1, 0.15) is 6.23 Å². The van der Waals surface area contributed by atoms with Crippen LogP contribution in [-0.4, -0.2) is 37.5 Å². The summed E-state index contributed by atoms with van der Waals surface area (Å²) in [4.78, 5) is 39.0. The van der Waals surface area contributed by atoms with Crippen LogP contribution in [0.3, 0.4) is 0 Å². The Morgan fingerprint density at radius 1 is 0.871 bits per heavy atom. The number of nitrogens with zero attached hydrogens (tertiary/aromatic N) is 2. The van der Waals surface area contributed by atoms with Crippen molar-refractivity contribution in [2.45, 2.75) is 42.7 Å². The van der Waals surface area contributed by atoms with E-state index in [2.05, 4.69) is 0 Å². The Balaban J connectivity index is 1.71. The predicted octanol–water partition coefficient (Wildman–Crippen LogP) is 2.11. The van der Waals surface area contributed by atoms with Gasteiger partial charge in [-0.15, -0.1) is 0 Å². The molecule has 3 atom stereocenters. The van der Waals surface area contributed by atoms with E-state index >= 15 is 0 Å². The summed E-state index contributed by atoms with van der Waals surface area (Å²) >= 11 is 0. The molecule has 0 aromatic heterocycles. The van der Waals surface area contributed by atoms with Gasteiger partial charge < -0.3 is 5.11 Å². The summed E-state index contributed by atoms with van der Waals surface area (Å²) in [5.74, 6) is -1.81. The fraction of sp³-hybridized carbons (Fsp3) is 0.318. The Hall–Kier alpha value is -3.04. The third kappa shape index (κ3) is 3.53. The number of hydrogen-bond acceptors (Lipinski definition) is 6. The third-order valence-electron chi connectivity index (χ3n) is 5.69. The SMILES string of the molecule is CC1CC(=O)N(c2cccc(S(=O)(=O)c3cccc(N4C(=O)C(C)CC4O)c3)c2)C1=O. The number of aliphatic hydroxyl groups excluding tert-OH is 1. The van der Waals surface area contributed by atoms with E-state index in [0.717, 1.165) is 4.90 Å². The fourth-order valence-electron chi connectivity index (χ4n) is 3.99. The number of carbonyl (C=O) groups is 3. The minimum Gasteiger partial charge on any atom is -0.373 e. The Labute approximate surface area is 180 Å². The molecule has 31 heavy (non-hydrogen) atoms. The van der Waals surface area contributed by atoms with E-state index in [1.54, 1.807) is 19.9 Å². The number of aliphatic hydroxyl groups is 1. The van der Waals surface area contributed by atoms with E-state index in [-0.39, 0.29) is 57.6 Å². The molecule has 1 N–H and O–H groups in total. The van der Waals surface area contributed by atoms with Crippen LogP contribution in [0.5, 0.6) is 0 Å². The van der Waals surface area contributed by atoms with Crippen molar-refractivity contribution in [1.82, 2.24) is 0 Å². The van der Waals surface area contributed by atoms with Crippen LogP contribution in [0.25, 0.3) is 0 Å². The van der Waals surface area contributed by atoms with Crippen LogP contribution in [0, 0.1) is 11.8 Å². The number of hydrogen-bond donors (Lipinski definition) is 1. The number of amides is 3. The zero-order valence-corrected chi connectivity index (χ0v) is 17.9. The molecule has 2 aromatic carbocycles. The van der Waals surface area contributed by atoms with Crippen LogP contribution in [0.4, 0.5) is 11.4 Å². The molecule has 9 heteroatoms. The minimum atomic E-state index is -4.01. The summed E-state index contributed by atoms with van der Waals surface area (Å²) in [7, 11) is -4.01. The van der Waals surface area contributed by atoms with Gasteiger partial charge in [-0.3, -0.25) is 24.2 Å². The second-order valence-corrected chi connectivity index (χ2v) is 9.95. The summed E-state index contributed by atoms with van der Waals surface area (Å²) in [5, 5.41) is 10.2. The first-order chi connectivity index (χ1) is 14.6. The topological polar surface area (TPSA) is 112 Å². The first kappa shape index (κ1) is 21.2. The molecule has 0 bridgehead atoms. The summed E-state index contributed by atoms with van der Waals surface area (Å²) in [6.45, 7) is 3.36. The van der Waals surface area contributed by atoms with Crippen LogP contribution in [0.1, 0.15) is 26.7 Å². The van der Waals surface area contributed by atoms with Gasteiger partial charge in [0.05, 0.1) is 15.5 Å². The van der Waals surface area contributed by atoms with Gasteiger partial charge in [0, 0.05) is 30.4 Å². The largest absolute Gasteiger partial charge is 0.373 e. The molecule has 2 aromatic rings. The second-order valence-electron chi connectivity index (χ2n) is 8.00. The molecule has 162 valence electrons. The first-order valence-corrected chi connectivity index (χ1v) is 11.4. The molecule has 2 heterocycles. The highest BCUT2D eigenvalue weighted by Crippen LogP contribution is 2.33. The molecule has 2 saturated heterocycles. The smallest absolute Gasteiger partial charge is 0.237 e. The lowest BCUT2D eigenvalue weighted by Crippen LogP contribution is -2.33. The highest BCUT2D eigenvalue weighted by Gasteiger charge is 2.38. The summed E-state index contributed by atoms with van der Waals surface area (Å²) in [5.41, 5.74) is 0.494. The molecule has 3 unspecified atom stereocenters. The van der Waals surface area contributed by atoms with Gasteiger partial charge >= 0.3 is 0 Å². The summed E-state index contributed by atoms with van der Waals surface area (Å²) in [6.07, 6.45) is -0.658. The lowest BCUT2D eigenvalue weighted by atomic mass is 10.1. The molecule has 4 rings (SSSR count). The molecule has 3 amide bonds. The third-order valence-corrected chi connectivity index (χ3v) is 7.43. The van der Waals surface area contributed by atoms with Crippen molar-refractivity contribution in [3.8, 4) is 0 Å². The van der Waals surface area contributed by atoms with Crippen molar-refractivity contribution in [1.29, 1.82) is 0 Å². The molecule has 0 radical (unpaired) electrons. The van der Waals surface area contributed by atoms with Crippen molar-refractivity contribution >= 4 is 38.9 Å². The van der Waals surface area contributed by atoms with E-state index in [1.807, 2.05) is 0 Å². The normalized spacial score (nSPS) is 24.4. The average molecular weight is 442 g/mol. The first-order valence-electron chi connectivity index (χ1n) is 9.94. The molecule has 0 spiro atoms. The van der Waals surface area contributed by atoms with Crippen molar-refractivity contribution in [2.75, 3.05) is 9.80 Å². The zero-order valence-electron chi connectivity index (χ0n) is 17.1. The lowest BCUT2D eigenvalue weighted by Gasteiger charge is -2.21. The quantitative estimate of drug-likeness (QED) is 0.726. The summed E-state index contributed by atoms with van der Waals surface area (Å²) in [6, 6.07) is 11.5. The van der Waals surface area contributed by atoms with Crippen molar-refractivity contribution in [3.05, 3.63) is 48.5 Å². The number of anilines is 2. The average Bonchev–Trinajstić information content (AvgIpc) is 3.14. The van der Waals surface area contributed by atoms with Gasteiger partial charge in [0.25, 0.3) is 0 Å². The van der Waals surface area contributed by atoms with Crippen molar-refractivity contribution in [3.63, 3.8) is 0 Å². The maximum atomic E-state index is 13.3. The van der Waals surface area contributed by atoms with Gasteiger partial charge in [-0.2, -0.15) is 0 Å². The lowest BCUT2D eigenvalue weighted by molar-refractivity contribution is -0.122. The molecular weight excluding hydrogens is 420 g/mol. The molecule has 2 aliphatic rings. The van der Waals surface area contributed by atoms with Crippen molar-refractivity contribution < 1.29 is 27.9 Å². The van der Waals surface area contributed by atoms with E-state index in [0.29, 0.717) is 0 Å². The van der Waals surface area contributed by atoms with Gasteiger partial charge in [-0.25, -0.2) is 8.42 Å². The van der Waals surface area contributed by atoms with Crippen LogP contribution in [0.2, 0.25) is 0 Å². The van der Waals surface area contributed by atoms with Crippen LogP contribution >= 0.6 is 0 Å².